The molecule has 1 heterocycles. The van der Waals surface area contributed by atoms with Crippen LogP contribution in [0.3, 0.4) is 0 Å². The van der Waals surface area contributed by atoms with E-state index in [0.717, 1.165) is 16.9 Å². The molecule has 5 heteroatoms. The topological polar surface area (TPSA) is 71.1 Å². The number of anilines is 1. The molecule has 0 atom stereocenters. The van der Waals surface area contributed by atoms with Crippen molar-refractivity contribution in [3.8, 4) is 0 Å². The first-order valence-corrected chi connectivity index (χ1v) is 7.16. The summed E-state index contributed by atoms with van der Waals surface area (Å²) in [5, 5.41) is 5.57. The zero-order chi connectivity index (χ0) is 15.8. The summed E-state index contributed by atoms with van der Waals surface area (Å²) in [4.78, 5) is 27.0. The molecule has 0 bridgehead atoms. The third kappa shape index (κ3) is 5.36. The highest BCUT2D eigenvalue weighted by Crippen LogP contribution is 2.09. The summed E-state index contributed by atoms with van der Waals surface area (Å²) in [6, 6.07) is 13.0. The minimum Gasteiger partial charge on any atom is -0.355 e. The average Bonchev–Trinajstić information content (AvgIpc) is 2.50. The van der Waals surface area contributed by atoms with Crippen molar-refractivity contribution in [1.82, 2.24) is 10.3 Å². The van der Waals surface area contributed by atoms with Gasteiger partial charge in [0.25, 0.3) is 0 Å². The number of carbonyl (C=O) groups is 2. The van der Waals surface area contributed by atoms with E-state index in [9.17, 15) is 9.59 Å². The maximum Gasteiger partial charge on any atom is 0.224 e. The van der Waals surface area contributed by atoms with Crippen molar-refractivity contribution in [3.05, 3.63) is 59.9 Å². The van der Waals surface area contributed by atoms with E-state index < -0.39 is 0 Å². The zero-order valence-corrected chi connectivity index (χ0v) is 12.5. The van der Waals surface area contributed by atoms with E-state index in [-0.39, 0.29) is 11.8 Å². The van der Waals surface area contributed by atoms with Crippen LogP contribution >= 0.6 is 0 Å². The highest BCUT2D eigenvalue weighted by atomic mass is 16.2. The van der Waals surface area contributed by atoms with Crippen molar-refractivity contribution in [3.63, 3.8) is 0 Å². The fourth-order valence-corrected chi connectivity index (χ4v) is 2.03. The van der Waals surface area contributed by atoms with Crippen LogP contribution in [0.25, 0.3) is 0 Å². The lowest BCUT2D eigenvalue weighted by Gasteiger charge is -2.06. The molecular formula is C17H19N3O2. The number of carbonyl (C=O) groups excluding carboxylic acids is 2. The summed E-state index contributed by atoms with van der Waals surface area (Å²) < 4.78 is 0. The molecule has 5 nitrogen and oxygen atoms in total. The van der Waals surface area contributed by atoms with Crippen molar-refractivity contribution < 1.29 is 9.59 Å². The highest BCUT2D eigenvalue weighted by molar-refractivity contribution is 5.88. The molecule has 0 saturated heterocycles. The van der Waals surface area contributed by atoms with Gasteiger partial charge in [-0.25, -0.2) is 0 Å². The maximum absolute atomic E-state index is 11.9. The molecule has 2 rings (SSSR count). The second kappa shape index (κ2) is 7.93. The minimum absolute atomic E-state index is 0.0248. The number of nitrogens with zero attached hydrogens (tertiary/aromatic N) is 1. The first kappa shape index (κ1) is 15.7. The Balaban J connectivity index is 1.75. The van der Waals surface area contributed by atoms with Gasteiger partial charge in [-0.3, -0.25) is 14.6 Å². The van der Waals surface area contributed by atoms with E-state index in [2.05, 4.69) is 15.6 Å². The highest BCUT2D eigenvalue weighted by Gasteiger charge is 2.04. The summed E-state index contributed by atoms with van der Waals surface area (Å²) in [5.41, 5.74) is 2.60. The molecule has 22 heavy (non-hydrogen) atoms. The smallest absolute Gasteiger partial charge is 0.224 e. The van der Waals surface area contributed by atoms with Gasteiger partial charge >= 0.3 is 0 Å². The van der Waals surface area contributed by atoms with Gasteiger partial charge in [0.2, 0.25) is 11.8 Å². The van der Waals surface area contributed by atoms with E-state index in [0.29, 0.717) is 19.4 Å². The lowest BCUT2D eigenvalue weighted by atomic mass is 10.1. The van der Waals surface area contributed by atoms with Gasteiger partial charge in [-0.1, -0.05) is 18.2 Å². The van der Waals surface area contributed by atoms with E-state index in [1.165, 1.54) is 6.92 Å². The molecule has 2 amide bonds. The molecule has 0 aliphatic heterocycles. The molecule has 2 aromatic rings. The second-order valence-corrected chi connectivity index (χ2v) is 4.98. The SMILES string of the molecule is CC(=O)Nc1ccc(CC(=O)NCCc2ccccn2)cc1. The van der Waals surface area contributed by atoms with E-state index in [1.807, 2.05) is 30.3 Å². The van der Waals surface area contributed by atoms with Crippen LogP contribution in [0.4, 0.5) is 5.69 Å². The monoisotopic (exact) mass is 297 g/mol. The third-order valence-electron chi connectivity index (χ3n) is 3.07. The Labute approximate surface area is 129 Å². The summed E-state index contributed by atoms with van der Waals surface area (Å²) >= 11 is 0. The quantitative estimate of drug-likeness (QED) is 0.856. The number of benzene rings is 1. The molecule has 0 aliphatic rings. The number of amides is 2. The van der Waals surface area contributed by atoms with Gasteiger partial charge in [0.05, 0.1) is 6.42 Å². The number of rotatable bonds is 6. The molecule has 0 fully saturated rings. The van der Waals surface area contributed by atoms with Gasteiger partial charge in [0, 0.05) is 37.5 Å². The van der Waals surface area contributed by atoms with E-state index in [1.54, 1.807) is 18.3 Å². The van der Waals surface area contributed by atoms with E-state index in [4.69, 9.17) is 0 Å². The molecule has 0 spiro atoms. The number of hydrogen-bond donors (Lipinski definition) is 2. The Morgan fingerprint density at radius 3 is 2.50 bits per heavy atom. The van der Waals surface area contributed by atoms with Gasteiger partial charge in [-0.15, -0.1) is 0 Å². The van der Waals surface area contributed by atoms with Gasteiger partial charge in [-0.05, 0) is 29.8 Å². The molecule has 0 saturated carbocycles. The number of aromatic nitrogens is 1. The average molecular weight is 297 g/mol. The molecule has 2 N–H and O–H groups in total. The van der Waals surface area contributed by atoms with Gasteiger partial charge in [0.1, 0.15) is 0 Å². The van der Waals surface area contributed by atoms with Crippen molar-refractivity contribution in [1.29, 1.82) is 0 Å². The number of nitrogens with one attached hydrogen (secondary N) is 2. The zero-order valence-electron chi connectivity index (χ0n) is 12.5. The standard InChI is InChI=1S/C17H19N3O2/c1-13(21)20-16-7-5-14(6-8-16)12-17(22)19-11-9-15-4-2-3-10-18-15/h2-8,10H,9,11-12H2,1H3,(H,19,22)(H,20,21). The van der Waals surface area contributed by atoms with Crippen LogP contribution in [0.1, 0.15) is 18.2 Å². The lowest BCUT2D eigenvalue weighted by Crippen LogP contribution is -2.27. The van der Waals surface area contributed by atoms with Crippen LogP contribution in [0, 0.1) is 0 Å². The molecule has 1 aromatic carbocycles. The molecule has 0 unspecified atom stereocenters. The van der Waals surface area contributed by atoms with Crippen LogP contribution in [0.15, 0.2) is 48.7 Å². The van der Waals surface area contributed by atoms with Gasteiger partial charge in [-0.2, -0.15) is 0 Å². The van der Waals surface area contributed by atoms with Crippen LogP contribution in [0.2, 0.25) is 0 Å². The third-order valence-corrected chi connectivity index (χ3v) is 3.07. The normalized spacial score (nSPS) is 10.0. The molecule has 0 radical (unpaired) electrons. The van der Waals surface area contributed by atoms with Crippen molar-refractivity contribution in [2.24, 2.45) is 0 Å². The van der Waals surface area contributed by atoms with Crippen molar-refractivity contribution in [2.75, 3.05) is 11.9 Å². The summed E-state index contributed by atoms with van der Waals surface area (Å²) in [5.74, 6) is -0.136. The minimum atomic E-state index is -0.111. The number of hydrogen-bond acceptors (Lipinski definition) is 3. The Kier molecular flexibility index (Phi) is 5.65. The summed E-state index contributed by atoms with van der Waals surface area (Å²) in [6.07, 6.45) is 2.78. The predicted octanol–water partition coefficient (Wildman–Crippen LogP) is 1.94. The Hall–Kier alpha value is -2.69. The predicted molar refractivity (Wildman–Crippen MR) is 85.4 cm³/mol. The Morgan fingerprint density at radius 1 is 1.09 bits per heavy atom. The van der Waals surface area contributed by atoms with Crippen LogP contribution < -0.4 is 10.6 Å². The van der Waals surface area contributed by atoms with Crippen molar-refractivity contribution >= 4 is 17.5 Å². The molecule has 114 valence electrons. The maximum atomic E-state index is 11.9. The Morgan fingerprint density at radius 2 is 1.86 bits per heavy atom. The molecular weight excluding hydrogens is 278 g/mol. The van der Waals surface area contributed by atoms with Gasteiger partial charge in [0.15, 0.2) is 0 Å². The number of pyridine rings is 1. The summed E-state index contributed by atoms with van der Waals surface area (Å²) in [6.45, 7) is 2.03. The van der Waals surface area contributed by atoms with Crippen LogP contribution in [-0.4, -0.2) is 23.3 Å². The first-order chi connectivity index (χ1) is 10.6. The molecule has 1 aromatic heterocycles. The lowest BCUT2D eigenvalue weighted by molar-refractivity contribution is -0.120. The molecule has 0 aliphatic carbocycles. The van der Waals surface area contributed by atoms with Crippen molar-refractivity contribution in [2.45, 2.75) is 19.8 Å². The van der Waals surface area contributed by atoms with Crippen LogP contribution in [-0.2, 0) is 22.4 Å². The van der Waals surface area contributed by atoms with Crippen LogP contribution in [0.5, 0.6) is 0 Å². The van der Waals surface area contributed by atoms with E-state index >= 15 is 0 Å². The first-order valence-electron chi connectivity index (χ1n) is 7.16. The second-order valence-electron chi connectivity index (χ2n) is 4.98. The van der Waals surface area contributed by atoms with Gasteiger partial charge < -0.3 is 10.6 Å². The summed E-state index contributed by atoms with van der Waals surface area (Å²) in [7, 11) is 0. The fraction of sp³-hybridized carbons (Fsp3) is 0.235. The largest absolute Gasteiger partial charge is 0.355 e. The Bertz CT molecular complexity index is 624. The fourth-order valence-electron chi connectivity index (χ4n) is 2.03.